The number of anilines is 1. The molecule has 2 aliphatic heterocycles. The number of aliphatic hydroxyl groups is 1. The molecule has 0 unspecified atom stereocenters. The van der Waals surface area contributed by atoms with Crippen LogP contribution in [-0.2, 0) is 4.79 Å². The Kier molecular flexibility index (Phi) is 5.65. The SMILES string of the molecule is CC(=O)Nc1ccc(C(=O)N[C@@H]2[C@@H](c3ccccc3)[C@@H](CO)N3CCC[C@H]23)cc1. The van der Waals surface area contributed by atoms with Gasteiger partial charge in [-0.2, -0.15) is 0 Å². The lowest BCUT2D eigenvalue weighted by molar-refractivity contribution is -0.114. The van der Waals surface area contributed by atoms with Gasteiger partial charge in [0.25, 0.3) is 5.91 Å². The van der Waals surface area contributed by atoms with Gasteiger partial charge in [-0.1, -0.05) is 30.3 Å². The van der Waals surface area contributed by atoms with E-state index in [1.165, 1.54) is 6.92 Å². The van der Waals surface area contributed by atoms with Crippen LogP contribution in [0.5, 0.6) is 0 Å². The van der Waals surface area contributed by atoms with E-state index in [-0.39, 0.29) is 42.5 Å². The third kappa shape index (κ3) is 3.91. The standard InChI is InChI=1S/C23H27N3O3/c1-15(28)24-18-11-9-17(10-12-18)23(29)25-22-19-8-5-13-26(19)20(14-27)21(22)16-6-3-2-4-7-16/h2-4,6-7,9-12,19-22,27H,5,8,13-14H2,1H3,(H,24,28)(H,25,29)/t19-,20-,21+,22+/m1/s1. The Labute approximate surface area is 170 Å². The summed E-state index contributed by atoms with van der Waals surface area (Å²) in [7, 11) is 0. The number of nitrogens with one attached hydrogen (secondary N) is 2. The number of aliphatic hydroxyl groups excluding tert-OH is 1. The van der Waals surface area contributed by atoms with Crippen LogP contribution in [-0.4, -0.2) is 53.1 Å². The molecule has 0 spiro atoms. The zero-order valence-corrected chi connectivity index (χ0v) is 16.5. The molecule has 0 saturated carbocycles. The second-order valence-corrected chi connectivity index (χ2v) is 7.89. The van der Waals surface area contributed by atoms with E-state index in [1.807, 2.05) is 18.2 Å². The molecule has 152 valence electrons. The van der Waals surface area contributed by atoms with E-state index in [1.54, 1.807) is 24.3 Å². The molecule has 2 fully saturated rings. The lowest BCUT2D eigenvalue weighted by Crippen LogP contribution is -2.44. The summed E-state index contributed by atoms with van der Waals surface area (Å²) in [6.07, 6.45) is 2.10. The van der Waals surface area contributed by atoms with Crippen molar-refractivity contribution < 1.29 is 14.7 Å². The Morgan fingerprint density at radius 3 is 2.48 bits per heavy atom. The normalized spacial score (nSPS) is 26.1. The first kappa shape index (κ1) is 19.6. The van der Waals surface area contributed by atoms with E-state index in [4.69, 9.17) is 0 Å². The number of carbonyl (C=O) groups is 2. The maximum absolute atomic E-state index is 13.0. The van der Waals surface area contributed by atoms with Gasteiger partial charge in [0.15, 0.2) is 0 Å². The first-order chi connectivity index (χ1) is 14.1. The Bertz CT molecular complexity index is 869. The van der Waals surface area contributed by atoms with Gasteiger partial charge in [-0.25, -0.2) is 0 Å². The van der Waals surface area contributed by atoms with E-state index >= 15 is 0 Å². The third-order valence-electron chi connectivity index (χ3n) is 6.12. The fraction of sp³-hybridized carbons (Fsp3) is 0.391. The van der Waals surface area contributed by atoms with Crippen LogP contribution in [0.3, 0.4) is 0 Å². The number of hydrogen-bond donors (Lipinski definition) is 3. The summed E-state index contributed by atoms with van der Waals surface area (Å²) < 4.78 is 0. The minimum atomic E-state index is -0.143. The highest BCUT2D eigenvalue weighted by molar-refractivity contribution is 5.95. The van der Waals surface area contributed by atoms with Crippen LogP contribution in [0.25, 0.3) is 0 Å². The molecule has 3 N–H and O–H groups in total. The van der Waals surface area contributed by atoms with Gasteiger partial charge in [-0.3, -0.25) is 14.5 Å². The Balaban J connectivity index is 1.57. The van der Waals surface area contributed by atoms with Crippen molar-refractivity contribution in [2.45, 2.75) is 43.8 Å². The number of nitrogens with zero attached hydrogens (tertiary/aromatic N) is 1. The largest absolute Gasteiger partial charge is 0.395 e. The van der Waals surface area contributed by atoms with Crippen LogP contribution in [0, 0.1) is 0 Å². The minimum absolute atomic E-state index is 0.0114. The van der Waals surface area contributed by atoms with E-state index in [0.717, 1.165) is 24.9 Å². The van der Waals surface area contributed by atoms with E-state index in [0.29, 0.717) is 11.3 Å². The summed E-state index contributed by atoms with van der Waals surface area (Å²) in [6.45, 7) is 2.49. The molecule has 0 aromatic heterocycles. The first-order valence-corrected chi connectivity index (χ1v) is 10.2. The summed E-state index contributed by atoms with van der Waals surface area (Å²) in [5, 5.41) is 16.1. The maximum atomic E-state index is 13.0. The highest BCUT2D eigenvalue weighted by Crippen LogP contribution is 2.42. The van der Waals surface area contributed by atoms with Gasteiger partial charge in [-0.15, -0.1) is 0 Å². The summed E-state index contributed by atoms with van der Waals surface area (Å²) in [4.78, 5) is 26.6. The van der Waals surface area contributed by atoms with Gasteiger partial charge < -0.3 is 15.7 Å². The second kappa shape index (κ2) is 8.35. The summed E-state index contributed by atoms with van der Waals surface area (Å²) >= 11 is 0. The summed E-state index contributed by atoms with van der Waals surface area (Å²) in [6, 6.07) is 17.3. The molecular weight excluding hydrogens is 366 g/mol. The molecule has 2 heterocycles. The van der Waals surface area contributed by atoms with Gasteiger partial charge in [-0.05, 0) is 49.2 Å². The predicted octanol–water partition coefficient (Wildman–Crippen LogP) is 2.37. The fourth-order valence-corrected chi connectivity index (χ4v) is 4.95. The minimum Gasteiger partial charge on any atom is -0.395 e. The van der Waals surface area contributed by atoms with Crippen LogP contribution < -0.4 is 10.6 Å². The topological polar surface area (TPSA) is 81.7 Å². The molecule has 0 radical (unpaired) electrons. The van der Waals surface area contributed by atoms with Crippen molar-refractivity contribution in [2.75, 3.05) is 18.5 Å². The van der Waals surface area contributed by atoms with Crippen molar-refractivity contribution >= 4 is 17.5 Å². The molecule has 2 amide bonds. The van der Waals surface area contributed by atoms with Gasteiger partial charge in [0.2, 0.25) is 5.91 Å². The van der Waals surface area contributed by atoms with Gasteiger partial charge in [0.1, 0.15) is 0 Å². The number of fused-ring (bicyclic) bond motifs is 1. The number of amides is 2. The van der Waals surface area contributed by atoms with Crippen molar-refractivity contribution in [1.29, 1.82) is 0 Å². The Morgan fingerprint density at radius 1 is 1.10 bits per heavy atom. The molecule has 4 rings (SSSR count). The van der Waals surface area contributed by atoms with Crippen molar-refractivity contribution in [3.05, 3.63) is 65.7 Å². The Morgan fingerprint density at radius 2 is 1.83 bits per heavy atom. The summed E-state index contributed by atoms with van der Waals surface area (Å²) in [5.74, 6) is -0.222. The van der Waals surface area contributed by atoms with Gasteiger partial charge in [0, 0.05) is 36.2 Å². The number of benzene rings is 2. The lowest BCUT2D eigenvalue weighted by Gasteiger charge is -2.27. The highest BCUT2D eigenvalue weighted by Gasteiger charge is 2.51. The molecule has 2 aromatic carbocycles. The zero-order chi connectivity index (χ0) is 20.4. The smallest absolute Gasteiger partial charge is 0.251 e. The average Bonchev–Trinajstić information content (AvgIpc) is 3.30. The molecule has 0 bridgehead atoms. The fourth-order valence-electron chi connectivity index (χ4n) is 4.95. The molecule has 2 saturated heterocycles. The van der Waals surface area contributed by atoms with Crippen molar-refractivity contribution in [3.63, 3.8) is 0 Å². The highest BCUT2D eigenvalue weighted by atomic mass is 16.3. The van der Waals surface area contributed by atoms with Crippen LogP contribution in [0.15, 0.2) is 54.6 Å². The number of hydrogen-bond acceptors (Lipinski definition) is 4. The van der Waals surface area contributed by atoms with E-state index < -0.39 is 0 Å². The zero-order valence-electron chi connectivity index (χ0n) is 16.5. The van der Waals surface area contributed by atoms with E-state index in [2.05, 4.69) is 27.7 Å². The predicted molar refractivity (Wildman–Crippen MR) is 112 cm³/mol. The van der Waals surface area contributed by atoms with Crippen LogP contribution >= 0.6 is 0 Å². The number of rotatable bonds is 5. The van der Waals surface area contributed by atoms with Crippen LogP contribution in [0.2, 0.25) is 0 Å². The first-order valence-electron chi connectivity index (χ1n) is 10.2. The molecule has 29 heavy (non-hydrogen) atoms. The van der Waals surface area contributed by atoms with Crippen molar-refractivity contribution in [1.82, 2.24) is 10.2 Å². The number of carbonyl (C=O) groups excluding carboxylic acids is 2. The van der Waals surface area contributed by atoms with Crippen LogP contribution in [0.1, 0.15) is 41.6 Å². The van der Waals surface area contributed by atoms with E-state index in [9.17, 15) is 14.7 Å². The van der Waals surface area contributed by atoms with Gasteiger partial charge in [0.05, 0.1) is 12.6 Å². The molecule has 2 aliphatic rings. The molecule has 2 aromatic rings. The van der Waals surface area contributed by atoms with Crippen LogP contribution in [0.4, 0.5) is 5.69 Å². The van der Waals surface area contributed by atoms with Crippen molar-refractivity contribution in [3.8, 4) is 0 Å². The quantitative estimate of drug-likeness (QED) is 0.728. The maximum Gasteiger partial charge on any atom is 0.251 e. The monoisotopic (exact) mass is 393 g/mol. The Hall–Kier alpha value is -2.70. The lowest BCUT2D eigenvalue weighted by atomic mass is 9.85. The summed E-state index contributed by atoms with van der Waals surface area (Å²) in [5.41, 5.74) is 2.37. The van der Waals surface area contributed by atoms with Crippen molar-refractivity contribution in [2.24, 2.45) is 0 Å². The molecule has 0 aliphatic carbocycles. The average molecular weight is 393 g/mol. The van der Waals surface area contributed by atoms with Gasteiger partial charge >= 0.3 is 0 Å². The third-order valence-corrected chi connectivity index (χ3v) is 6.12. The molecule has 6 nitrogen and oxygen atoms in total. The molecule has 6 heteroatoms. The second-order valence-electron chi connectivity index (χ2n) is 7.89. The molecule has 4 atom stereocenters. The molecular formula is C23H27N3O3.